The second kappa shape index (κ2) is 2.09. The lowest BCUT2D eigenvalue weighted by Crippen LogP contribution is -2.38. The lowest BCUT2D eigenvalue weighted by atomic mass is 9.60. The van der Waals surface area contributed by atoms with Gasteiger partial charge in [0.2, 0.25) is 0 Å². The second-order valence-electron chi connectivity index (χ2n) is 4.35. The fraction of sp³-hybridized carbons (Fsp3) is 0.900. The van der Waals surface area contributed by atoms with Crippen LogP contribution in [0.15, 0.2) is 4.99 Å². The number of hydrogen-bond acceptors (Lipinski definition) is 1. The molecule has 3 rings (SSSR count). The zero-order valence-electron chi connectivity index (χ0n) is 6.92. The molecule has 0 saturated heterocycles. The first-order chi connectivity index (χ1) is 5.45. The third-order valence-corrected chi connectivity index (χ3v) is 3.85. The highest BCUT2D eigenvalue weighted by molar-refractivity contribution is 5.98. The van der Waals surface area contributed by atoms with Crippen molar-refractivity contribution in [3.63, 3.8) is 0 Å². The van der Waals surface area contributed by atoms with E-state index in [0.717, 1.165) is 24.3 Å². The zero-order valence-corrected chi connectivity index (χ0v) is 6.92. The molecule has 60 valence electrons. The molecule has 11 heavy (non-hydrogen) atoms. The summed E-state index contributed by atoms with van der Waals surface area (Å²) in [5, 5.41) is 0. The topological polar surface area (TPSA) is 12.4 Å². The van der Waals surface area contributed by atoms with Gasteiger partial charge in [-0.3, -0.25) is 4.99 Å². The number of nitrogens with zero attached hydrogens (tertiary/aromatic N) is 1. The molecule has 0 aromatic heterocycles. The highest BCUT2D eigenvalue weighted by atomic mass is 14.9. The van der Waals surface area contributed by atoms with Crippen LogP contribution >= 0.6 is 0 Å². The van der Waals surface area contributed by atoms with Gasteiger partial charge < -0.3 is 0 Å². The third-order valence-electron chi connectivity index (χ3n) is 3.85. The van der Waals surface area contributed by atoms with E-state index >= 15 is 0 Å². The quantitative estimate of drug-likeness (QED) is 0.542. The number of rotatable bonds is 1. The van der Waals surface area contributed by atoms with Gasteiger partial charge in [-0.25, -0.2) is 0 Å². The largest absolute Gasteiger partial charge is 0.286 e. The van der Waals surface area contributed by atoms with Crippen molar-refractivity contribution < 1.29 is 0 Å². The van der Waals surface area contributed by atoms with Gasteiger partial charge in [-0.05, 0) is 31.1 Å². The average Bonchev–Trinajstić information content (AvgIpc) is 2.72. The molecule has 0 aromatic rings. The summed E-state index contributed by atoms with van der Waals surface area (Å²) in [7, 11) is 0. The highest BCUT2D eigenvalue weighted by Gasteiger charge is 2.42. The van der Waals surface area contributed by atoms with E-state index in [2.05, 4.69) is 4.99 Å². The molecule has 3 unspecified atom stereocenters. The van der Waals surface area contributed by atoms with Crippen LogP contribution in [0, 0.1) is 17.8 Å². The predicted molar refractivity (Wildman–Crippen MR) is 45.9 cm³/mol. The molecule has 3 aliphatic rings. The molecule has 1 nitrogen and oxygen atoms in total. The summed E-state index contributed by atoms with van der Waals surface area (Å²) in [5.41, 5.74) is 1.57. The van der Waals surface area contributed by atoms with Crippen molar-refractivity contribution in [3.8, 4) is 0 Å². The standard InChI is InChI=1S/C10H15N/c1-2-7-4-5-8(7)9(3-1)10-6-11-10/h7-9H,1-6H2. The first-order valence-corrected chi connectivity index (χ1v) is 4.98. The van der Waals surface area contributed by atoms with Crippen LogP contribution in [0.1, 0.15) is 32.1 Å². The predicted octanol–water partition coefficient (Wildman–Crippen LogP) is 2.27. The average molecular weight is 149 g/mol. The second-order valence-corrected chi connectivity index (χ2v) is 4.35. The van der Waals surface area contributed by atoms with E-state index in [0.29, 0.717) is 0 Å². The minimum atomic E-state index is 0.947. The van der Waals surface area contributed by atoms with Crippen molar-refractivity contribution >= 4 is 5.71 Å². The van der Waals surface area contributed by atoms with E-state index in [1.165, 1.54) is 32.1 Å². The molecule has 0 spiro atoms. The van der Waals surface area contributed by atoms with Gasteiger partial charge in [0.25, 0.3) is 0 Å². The number of fused-ring (bicyclic) bond motifs is 1. The van der Waals surface area contributed by atoms with Crippen LogP contribution in [0.5, 0.6) is 0 Å². The Morgan fingerprint density at radius 2 is 2.00 bits per heavy atom. The van der Waals surface area contributed by atoms with Crippen molar-refractivity contribution in [1.82, 2.24) is 0 Å². The lowest BCUT2D eigenvalue weighted by Gasteiger charge is -2.45. The summed E-state index contributed by atoms with van der Waals surface area (Å²) in [6.45, 7) is 1.12. The van der Waals surface area contributed by atoms with E-state index in [1.54, 1.807) is 5.71 Å². The van der Waals surface area contributed by atoms with Crippen LogP contribution in [-0.4, -0.2) is 12.3 Å². The SMILES string of the molecule is C1CC2CCC2C(C2=NC2)C1. The van der Waals surface area contributed by atoms with Crippen LogP contribution < -0.4 is 0 Å². The van der Waals surface area contributed by atoms with Crippen LogP contribution in [0.25, 0.3) is 0 Å². The summed E-state index contributed by atoms with van der Waals surface area (Å²) in [5.74, 6) is 3.13. The van der Waals surface area contributed by atoms with E-state index in [-0.39, 0.29) is 0 Å². The molecular weight excluding hydrogens is 134 g/mol. The van der Waals surface area contributed by atoms with Crippen molar-refractivity contribution in [1.29, 1.82) is 0 Å². The van der Waals surface area contributed by atoms with Gasteiger partial charge in [-0.15, -0.1) is 0 Å². The molecule has 0 aromatic carbocycles. The third kappa shape index (κ3) is 0.863. The monoisotopic (exact) mass is 149 g/mol. The Labute approximate surface area is 67.9 Å². The van der Waals surface area contributed by atoms with Gasteiger partial charge in [0.15, 0.2) is 0 Å². The molecule has 1 heterocycles. The van der Waals surface area contributed by atoms with E-state index in [1.807, 2.05) is 0 Å². The maximum Gasteiger partial charge on any atom is 0.0771 e. The summed E-state index contributed by atoms with van der Waals surface area (Å²) >= 11 is 0. The Bertz CT molecular complexity index is 207. The highest BCUT2D eigenvalue weighted by Crippen LogP contribution is 2.49. The van der Waals surface area contributed by atoms with Gasteiger partial charge in [-0.2, -0.15) is 0 Å². The van der Waals surface area contributed by atoms with Crippen molar-refractivity contribution in [2.75, 3.05) is 6.54 Å². The van der Waals surface area contributed by atoms with Crippen LogP contribution in [-0.2, 0) is 0 Å². The zero-order chi connectivity index (χ0) is 7.26. The van der Waals surface area contributed by atoms with Gasteiger partial charge in [0, 0.05) is 11.6 Å². The summed E-state index contributed by atoms with van der Waals surface area (Å²) in [6.07, 6.45) is 7.49. The fourth-order valence-corrected chi connectivity index (χ4v) is 2.99. The van der Waals surface area contributed by atoms with Gasteiger partial charge in [0.1, 0.15) is 0 Å². The van der Waals surface area contributed by atoms with E-state index < -0.39 is 0 Å². The lowest BCUT2D eigenvalue weighted by molar-refractivity contribution is 0.0860. The van der Waals surface area contributed by atoms with E-state index in [4.69, 9.17) is 0 Å². The van der Waals surface area contributed by atoms with Crippen LogP contribution in [0.2, 0.25) is 0 Å². The first kappa shape index (κ1) is 6.22. The molecule has 3 atom stereocenters. The minimum absolute atomic E-state index is 0.947. The summed E-state index contributed by atoms with van der Waals surface area (Å²) in [4.78, 5) is 4.36. The van der Waals surface area contributed by atoms with Gasteiger partial charge in [-0.1, -0.05) is 12.8 Å². The van der Waals surface area contributed by atoms with Crippen molar-refractivity contribution in [2.24, 2.45) is 22.7 Å². The molecule has 0 amide bonds. The Morgan fingerprint density at radius 1 is 1.09 bits per heavy atom. The maximum absolute atomic E-state index is 4.36. The van der Waals surface area contributed by atoms with Crippen LogP contribution in [0.4, 0.5) is 0 Å². The molecule has 1 heteroatoms. The van der Waals surface area contributed by atoms with Gasteiger partial charge >= 0.3 is 0 Å². The summed E-state index contributed by atoms with van der Waals surface area (Å²) in [6, 6.07) is 0. The molecule has 0 bridgehead atoms. The smallest absolute Gasteiger partial charge is 0.0771 e. The molecular formula is C10H15N. The normalized spacial score (nSPS) is 47.3. The molecule has 2 fully saturated rings. The summed E-state index contributed by atoms with van der Waals surface area (Å²) < 4.78 is 0. The molecule has 0 radical (unpaired) electrons. The Kier molecular flexibility index (Phi) is 1.18. The van der Waals surface area contributed by atoms with Crippen molar-refractivity contribution in [3.05, 3.63) is 0 Å². The Hall–Kier alpha value is -0.330. The van der Waals surface area contributed by atoms with Crippen molar-refractivity contribution in [2.45, 2.75) is 32.1 Å². The molecule has 1 aliphatic heterocycles. The molecule has 0 N–H and O–H groups in total. The number of aliphatic imine (C=N–C) groups is 1. The Morgan fingerprint density at radius 3 is 2.64 bits per heavy atom. The minimum Gasteiger partial charge on any atom is -0.286 e. The first-order valence-electron chi connectivity index (χ1n) is 4.98. The van der Waals surface area contributed by atoms with Gasteiger partial charge in [0.05, 0.1) is 6.54 Å². The fourth-order valence-electron chi connectivity index (χ4n) is 2.99. The molecule has 2 saturated carbocycles. The maximum atomic E-state index is 4.36. The van der Waals surface area contributed by atoms with Crippen LogP contribution in [0.3, 0.4) is 0 Å². The molecule has 2 aliphatic carbocycles. The Balaban J connectivity index is 1.76. The van der Waals surface area contributed by atoms with E-state index in [9.17, 15) is 0 Å². The number of hydrogen-bond donors (Lipinski definition) is 0.